The maximum absolute atomic E-state index is 12.2. The fourth-order valence-electron chi connectivity index (χ4n) is 3.76. The molecule has 1 amide bonds. The van der Waals surface area contributed by atoms with Crippen molar-refractivity contribution in [3.63, 3.8) is 0 Å². The lowest BCUT2D eigenvalue weighted by atomic mass is 9.79. The molecule has 2 saturated carbocycles. The van der Waals surface area contributed by atoms with E-state index in [0.29, 0.717) is 23.7 Å². The molecule has 0 aliphatic heterocycles. The van der Waals surface area contributed by atoms with E-state index in [-0.39, 0.29) is 5.92 Å². The predicted octanol–water partition coefficient (Wildman–Crippen LogP) is 2.30. The summed E-state index contributed by atoms with van der Waals surface area (Å²) in [4.78, 5) is 12.2. The second-order valence-corrected chi connectivity index (χ2v) is 6.30. The molecule has 0 saturated heterocycles. The minimum Gasteiger partial charge on any atom is -0.356 e. The third kappa shape index (κ3) is 3.25. The van der Waals surface area contributed by atoms with Crippen molar-refractivity contribution in [2.75, 3.05) is 13.1 Å². The zero-order chi connectivity index (χ0) is 13.0. The van der Waals surface area contributed by atoms with E-state index in [9.17, 15) is 4.79 Å². The van der Waals surface area contributed by atoms with Crippen LogP contribution in [0.2, 0.25) is 0 Å². The molecular weight excluding hydrogens is 224 g/mol. The van der Waals surface area contributed by atoms with Gasteiger partial charge in [0, 0.05) is 12.5 Å². The Morgan fingerprint density at radius 2 is 1.83 bits per heavy atom. The second-order valence-electron chi connectivity index (χ2n) is 6.30. The van der Waals surface area contributed by atoms with Gasteiger partial charge in [0.15, 0.2) is 0 Å². The summed E-state index contributed by atoms with van der Waals surface area (Å²) < 4.78 is 0. The van der Waals surface area contributed by atoms with Gasteiger partial charge in [-0.05, 0) is 50.0 Å². The molecule has 3 nitrogen and oxygen atoms in total. The number of carbonyl (C=O) groups is 1. The summed E-state index contributed by atoms with van der Waals surface area (Å²) >= 11 is 0. The zero-order valence-corrected chi connectivity index (χ0v) is 11.7. The summed E-state index contributed by atoms with van der Waals surface area (Å²) in [6.45, 7) is 3.84. The highest BCUT2D eigenvalue weighted by atomic mass is 16.1. The predicted molar refractivity (Wildman–Crippen MR) is 74.0 cm³/mol. The van der Waals surface area contributed by atoms with Gasteiger partial charge in [-0.25, -0.2) is 0 Å². The summed E-state index contributed by atoms with van der Waals surface area (Å²) in [5, 5.41) is 3.19. The van der Waals surface area contributed by atoms with Crippen LogP contribution < -0.4 is 11.1 Å². The molecule has 0 heterocycles. The Kier molecular flexibility index (Phi) is 5.04. The van der Waals surface area contributed by atoms with Crippen LogP contribution in [0.1, 0.15) is 51.9 Å². The molecule has 0 spiro atoms. The van der Waals surface area contributed by atoms with Crippen molar-refractivity contribution in [1.82, 2.24) is 5.32 Å². The van der Waals surface area contributed by atoms with Crippen LogP contribution in [0.25, 0.3) is 0 Å². The Balaban J connectivity index is 1.77. The number of carbonyl (C=O) groups excluding carboxylic acids is 1. The SMILES string of the molecule is CC1CCCC1C(=O)NCC1CCCCC1CN. The van der Waals surface area contributed by atoms with Crippen LogP contribution in [0.5, 0.6) is 0 Å². The maximum atomic E-state index is 12.2. The fraction of sp³-hybridized carbons (Fsp3) is 0.933. The van der Waals surface area contributed by atoms with Crippen LogP contribution in [0.15, 0.2) is 0 Å². The molecule has 0 bridgehead atoms. The molecule has 0 aromatic heterocycles. The van der Waals surface area contributed by atoms with Crippen molar-refractivity contribution in [2.24, 2.45) is 29.4 Å². The summed E-state index contributed by atoms with van der Waals surface area (Å²) in [6, 6.07) is 0. The molecule has 3 heteroatoms. The molecule has 2 aliphatic carbocycles. The lowest BCUT2D eigenvalue weighted by molar-refractivity contribution is -0.126. The molecule has 0 radical (unpaired) electrons. The normalized spacial score (nSPS) is 36.6. The summed E-state index contributed by atoms with van der Waals surface area (Å²) in [5.41, 5.74) is 5.83. The van der Waals surface area contributed by atoms with Gasteiger partial charge in [0.25, 0.3) is 0 Å². The van der Waals surface area contributed by atoms with E-state index in [0.717, 1.165) is 19.5 Å². The molecule has 104 valence electrons. The van der Waals surface area contributed by atoms with E-state index in [1.54, 1.807) is 0 Å². The molecule has 0 aromatic rings. The van der Waals surface area contributed by atoms with Gasteiger partial charge in [-0.3, -0.25) is 4.79 Å². The molecule has 4 unspecified atom stereocenters. The standard InChI is InChI=1S/C15H28N2O/c1-11-5-4-8-14(11)15(18)17-10-13-7-3-2-6-12(13)9-16/h11-14H,2-10,16H2,1H3,(H,17,18). The van der Waals surface area contributed by atoms with E-state index >= 15 is 0 Å². The summed E-state index contributed by atoms with van der Waals surface area (Å²) in [5.74, 6) is 2.37. The molecule has 4 atom stereocenters. The Hall–Kier alpha value is -0.570. The maximum Gasteiger partial charge on any atom is 0.223 e. The van der Waals surface area contributed by atoms with E-state index in [4.69, 9.17) is 5.73 Å². The number of hydrogen-bond donors (Lipinski definition) is 2. The Bertz CT molecular complexity index is 280. The molecule has 18 heavy (non-hydrogen) atoms. The Labute approximate surface area is 111 Å². The van der Waals surface area contributed by atoms with Gasteiger partial charge in [0.05, 0.1) is 0 Å². The fourth-order valence-corrected chi connectivity index (χ4v) is 3.76. The highest BCUT2D eigenvalue weighted by Crippen LogP contribution is 2.32. The van der Waals surface area contributed by atoms with Crippen LogP contribution in [0.3, 0.4) is 0 Å². The number of amides is 1. The Morgan fingerprint density at radius 3 is 2.44 bits per heavy atom. The van der Waals surface area contributed by atoms with Gasteiger partial charge >= 0.3 is 0 Å². The third-order valence-electron chi connectivity index (χ3n) is 5.11. The lowest BCUT2D eigenvalue weighted by Gasteiger charge is -2.31. The van der Waals surface area contributed by atoms with Crippen LogP contribution >= 0.6 is 0 Å². The largest absolute Gasteiger partial charge is 0.356 e. The summed E-state index contributed by atoms with van der Waals surface area (Å²) in [7, 11) is 0. The van der Waals surface area contributed by atoms with Gasteiger partial charge in [0.1, 0.15) is 0 Å². The zero-order valence-electron chi connectivity index (χ0n) is 11.7. The van der Waals surface area contributed by atoms with Gasteiger partial charge in [-0.1, -0.05) is 26.2 Å². The second kappa shape index (κ2) is 6.55. The lowest BCUT2D eigenvalue weighted by Crippen LogP contribution is -2.39. The van der Waals surface area contributed by atoms with Gasteiger partial charge in [-0.2, -0.15) is 0 Å². The van der Waals surface area contributed by atoms with Crippen molar-refractivity contribution < 1.29 is 4.79 Å². The van der Waals surface area contributed by atoms with Crippen molar-refractivity contribution in [1.29, 1.82) is 0 Å². The molecular formula is C15H28N2O. The first-order valence-corrected chi connectivity index (χ1v) is 7.70. The smallest absolute Gasteiger partial charge is 0.223 e. The van der Waals surface area contributed by atoms with Crippen LogP contribution in [0.4, 0.5) is 0 Å². The summed E-state index contributed by atoms with van der Waals surface area (Å²) in [6.07, 6.45) is 8.61. The first kappa shape index (κ1) is 13.9. The monoisotopic (exact) mass is 252 g/mol. The van der Waals surface area contributed by atoms with Crippen LogP contribution in [-0.4, -0.2) is 19.0 Å². The first-order chi connectivity index (χ1) is 8.72. The van der Waals surface area contributed by atoms with Crippen molar-refractivity contribution in [3.05, 3.63) is 0 Å². The van der Waals surface area contributed by atoms with Crippen molar-refractivity contribution in [3.8, 4) is 0 Å². The molecule has 2 rings (SSSR count). The Morgan fingerprint density at radius 1 is 1.11 bits per heavy atom. The number of rotatable bonds is 4. The van der Waals surface area contributed by atoms with E-state index < -0.39 is 0 Å². The average Bonchev–Trinajstić information content (AvgIpc) is 2.82. The molecule has 0 aromatic carbocycles. The number of nitrogens with two attached hydrogens (primary N) is 1. The van der Waals surface area contributed by atoms with Crippen molar-refractivity contribution in [2.45, 2.75) is 51.9 Å². The minimum absolute atomic E-state index is 0.268. The van der Waals surface area contributed by atoms with Gasteiger partial charge in [-0.15, -0.1) is 0 Å². The van der Waals surface area contributed by atoms with Crippen LogP contribution in [0, 0.1) is 23.7 Å². The van der Waals surface area contributed by atoms with E-state index in [2.05, 4.69) is 12.2 Å². The van der Waals surface area contributed by atoms with Gasteiger partial charge in [0.2, 0.25) is 5.91 Å². The highest BCUT2D eigenvalue weighted by Gasteiger charge is 2.30. The van der Waals surface area contributed by atoms with E-state index in [1.807, 2.05) is 0 Å². The van der Waals surface area contributed by atoms with E-state index in [1.165, 1.54) is 38.5 Å². The average molecular weight is 252 g/mol. The molecule has 2 aliphatic rings. The minimum atomic E-state index is 0.268. The highest BCUT2D eigenvalue weighted by molar-refractivity contribution is 5.79. The molecule has 2 fully saturated rings. The van der Waals surface area contributed by atoms with Crippen LogP contribution in [-0.2, 0) is 4.79 Å². The molecule has 3 N–H and O–H groups in total. The third-order valence-corrected chi connectivity index (χ3v) is 5.11. The topological polar surface area (TPSA) is 55.1 Å². The van der Waals surface area contributed by atoms with Gasteiger partial charge < -0.3 is 11.1 Å². The first-order valence-electron chi connectivity index (χ1n) is 7.70. The number of nitrogens with one attached hydrogen (secondary N) is 1. The van der Waals surface area contributed by atoms with Crippen molar-refractivity contribution >= 4 is 5.91 Å². The quantitative estimate of drug-likeness (QED) is 0.806. The number of hydrogen-bond acceptors (Lipinski definition) is 2.